The van der Waals surface area contributed by atoms with Crippen molar-refractivity contribution in [2.45, 2.75) is 24.8 Å². The highest BCUT2D eigenvalue weighted by Crippen LogP contribution is 2.23. The lowest BCUT2D eigenvalue weighted by Gasteiger charge is -2.06. The monoisotopic (exact) mass is 448 g/mol. The number of sulfone groups is 1. The number of hydrogen-bond acceptors (Lipinski definition) is 6. The van der Waals surface area contributed by atoms with Gasteiger partial charge in [-0.05, 0) is 42.8 Å². The molecule has 0 saturated carbocycles. The maximum absolute atomic E-state index is 12.6. The molecule has 3 rings (SSSR count). The van der Waals surface area contributed by atoms with Gasteiger partial charge in [-0.15, -0.1) is 0 Å². The van der Waals surface area contributed by atoms with Gasteiger partial charge < -0.3 is 14.0 Å². The molecule has 0 spiro atoms. The predicted octanol–water partition coefficient (Wildman–Crippen LogP) is 2.82. The van der Waals surface area contributed by atoms with Crippen molar-refractivity contribution in [2.75, 3.05) is 26.6 Å². The average molecular weight is 449 g/mol. The van der Waals surface area contributed by atoms with Crippen LogP contribution in [0.5, 0.6) is 5.75 Å². The summed E-state index contributed by atoms with van der Waals surface area (Å²) in [5.41, 5.74) is 1.67. The number of rotatable bonds is 8. The zero-order valence-corrected chi connectivity index (χ0v) is 18.8. The number of benzene rings is 2. The van der Waals surface area contributed by atoms with Gasteiger partial charge in [-0.3, -0.25) is 4.79 Å². The number of aromatic nitrogens is 1. The number of methoxy groups -OCH3 is 1. The minimum absolute atomic E-state index is 0.0900. The zero-order valence-electron chi connectivity index (χ0n) is 17.1. The fourth-order valence-electron chi connectivity index (χ4n) is 2.97. The van der Waals surface area contributed by atoms with Crippen LogP contribution in [0.15, 0.2) is 52.4 Å². The highest BCUT2D eigenvalue weighted by molar-refractivity contribution is 7.90. The van der Waals surface area contributed by atoms with Crippen LogP contribution >= 0.6 is 11.3 Å². The van der Waals surface area contributed by atoms with E-state index in [2.05, 4.69) is 4.99 Å². The molecule has 160 valence electrons. The van der Waals surface area contributed by atoms with E-state index in [4.69, 9.17) is 9.47 Å². The molecule has 30 heavy (non-hydrogen) atoms. The van der Waals surface area contributed by atoms with E-state index in [0.717, 1.165) is 22.2 Å². The maximum Gasteiger partial charge on any atom is 0.252 e. The first-order valence-corrected chi connectivity index (χ1v) is 12.1. The lowest BCUT2D eigenvalue weighted by atomic mass is 10.1. The van der Waals surface area contributed by atoms with Gasteiger partial charge in [-0.25, -0.2) is 8.42 Å². The summed E-state index contributed by atoms with van der Waals surface area (Å²) in [7, 11) is -1.64. The highest BCUT2D eigenvalue weighted by Gasteiger charge is 2.11. The van der Waals surface area contributed by atoms with Crippen LogP contribution in [-0.4, -0.2) is 45.5 Å². The van der Waals surface area contributed by atoms with Crippen LogP contribution in [-0.2, 0) is 32.3 Å². The first-order valence-electron chi connectivity index (χ1n) is 9.43. The maximum atomic E-state index is 12.6. The second-order valence-electron chi connectivity index (χ2n) is 6.69. The van der Waals surface area contributed by atoms with Crippen molar-refractivity contribution in [3.63, 3.8) is 0 Å². The summed E-state index contributed by atoms with van der Waals surface area (Å²) in [6.45, 7) is 3.57. The largest absolute Gasteiger partial charge is 0.494 e. The van der Waals surface area contributed by atoms with Crippen molar-refractivity contribution in [1.29, 1.82) is 0 Å². The van der Waals surface area contributed by atoms with E-state index in [1.807, 2.05) is 29.7 Å². The third-order valence-corrected chi connectivity index (χ3v) is 6.58. The molecule has 0 aliphatic rings. The number of carbonyl (C=O) groups is 1. The molecule has 7 nitrogen and oxygen atoms in total. The lowest BCUT2D eigenvalue weighted by Crippen LogP contribution is -2.19. The Morgan fingerprint density at radius 1 is 1.17 bits per heavy atom. The Kier molecular flexibility index (Phi) is 7.06. The molecule has 1 aromatic heterocycles. The SMILES string of the molecule is CCOc1ccc2c(c1)sc(=NC(=O)Cc1ccc(S(C)(=O)=O)cc1)n2CCOC. The number of amides is 1. The standard InChI is InChI=1S/C21H24N2O5S2/c1-4-28-16-7-10-18-19(14-16)29-21(23(18)11-12-27-2)22-20(24)13-15-5-8-17(9-6-15)30(3,25)26/h5-10,14H,4,11-13H2,1-3H3. The van der Waals surface area contributed by atoms with Crippen LogP contribution in [0.1, 0.15) is 12.5 Å². The molecular formula is C21H24N2O5S2. The third kappa shape index (κ3) is 5.35. The van der Waals surface area contributed by atoms with Crippen LogP contribution < -0.4 is 9.54 Å². The van der Waals surface area contributed by atoms with E-state index < -0.39 is 9.84 Å². The Morgan fingerprint density at radius 3 is 2.53 bits per heavy atom. The van der Waals surface area contributed by atoms with E-state index in [1.165, 1.54) is 23.5 Å². The molecule has 0 unspecified atom stereocenters. The Hall–Kier alpha value is -2.49. The van der Waals surface area contributed by atoms with Crippen LogP contribution in [0.3, 0.4) is 0 Å². The number of carbonyl (C=O) groups excluding carboxylic acids is 1. The molecule has 0 saturated heterocycles. The van der Waals surface area contributed by atoms with Crippen molar-refractivity contribution in [2.24, 2.45) is 4.99 Å². The summed E-state index contributed by atoms with van der Waals surface area (Å²) in [5, 5.41) is 0. The van der Waals surface area contributed by atoms with Crippen molar-refractivity contribution >= 4 is 37.3 Å². The molecule has 0 aliphatic heterocycles. The smallest absolute Gasteiger partial charge is 0.252 e. The fraction of sp³-hybridized carbons (Fsp3) is 0.333. The second kappa shape index (κ2) is 9.55. The molecule has 0 radical (unpaired) electrons. The molecule has 1 amide bonds. The summed E-state index contributed by atoms with van der Waals surface area (Å²) < 4.78 is 36.9. The van der Waals surface area contributed by atoms with Crippen molar-refractivity contribution in [1.82, 2.24) is 4.57 Å². The fourth-order valence-corrected chi connectivity index (χ4v) is 4.70. The van der Waals surface area contributed by atoms with Gasteiger partial charge in [0.1, 0.15) is 5.75 Å². The number of ether oxygens (including phenoxy) is 2. The van der Waals surface area contributed by atoms with Crippen LogP contribution in [0.2, 0.25) is 0 Å². The summed E-state index contributed by atoms with van der Waals surface area (Å²) in [5.74, 6) is 0.471. The zero-order chi connectivity index (χ0) is 21.7. The van der Waals surface area contributed by atoms with Crippen molar-refractivity contribution < 1.29 is 22.7 Å². The Bertz CT molecular complexity index is 1210. The topological polar surface area (TPSA) is 87.0 Å². The Morgan fingerprint density at radius 2 is 1.90 bits per heavy atom. The average Bonchev–Trinajstić information content (AvgIpc) is 3.02. The first kappa shape index (κ1) is 22.2. The van der Waals surface area contributed by atoms with Gasteiger partial charge in [0, 0.05) is 19.9 Å². The number of nitrogens with zero attached hydrogens (tertiary/aromatic N) is 2. The van der Waals surface area contributed by atoms with Gasteiger partial charge in [0.25, 0.3) is 5.91 Å². The highest BCUT2D eigenvalue weighted by atomic mass is 32.2. The van der Waals surface area contributed by atoms with Crippen molar-refractivity contribution in [3.05, 3.63) is 52.8 Å². The quantitative estimate of drug-likeness (QED) is 0.529. The van der Waals surface area contributed by atoms with Gasteiger partial charge in [0.2, 0.25) is 0 Å². The minimum Gasteiger partial charge on any atom is -0.494 e. The minimum atomic E-state index is -3.27. The summed E-state index contributed by atoms with van der Waals surface area (Å²) in [6, 6.07) is 12.1. The number of hydrogen-bond donors (Lipinski definition) is 0. The molecule has 0 N–H and O–H groups in total. The van der Waals surface area contributed by atoms with Gasteiger partial charge in [-0.2, -0.15) is 4.99 Å². The molecule has 9 heteroatoms. The summed E-state index contributed by atoms with van der Waals surface area (Å²) in [4.78, 5) is 17.7. The van der Waals surface area contributed by atoms with Crippen LogP contribution in [0.4, 0.5) is 0 Å². The lowest BCUT2D eigenvalue weighted by molar-refractivity contribution is -0.117. The second-order valence-corrected chi connectivity index (χ2v) is 9.71. The van der Waals surface area contributed by atoms with E-state index in [0.29, 0.717) is 30.1 Å². The van der Waals surface area contributed by atoms with E-state index in [1.54, 1.807) is 19.2 Å². The van der Waals surface area contributed by atoms with Crippen LogP contribution in [0, 0.1) is 0 Å². The predicted molar refractivity (Wildman–Crippen MR) is 117 cm³/mol. The molecule has 0 bridgehead atoms. The Balaban J connectivity index is 1.92. The third-order valence-electron chi connectivity index (χ3n) is 4.41. The molecule has 0 aliphatic carbocycles. The molecule has 0 atom stereocenters. The van der Waals surface area contributed by atoms with E-state index in [-0.39, 0.29) is 17.2 Å². The van der Waals surface area contributed by atoms with Gasteiger partial charge in [0.15, 0.2) is 14.6 Å². The van der Waals surface area contributed by atoms with Gasteiger partial charge in [-0.1, -0.05) is 23.5 Å². The van der Waals surface area contributed by atoms with Gasteiger partial charge >= 0.3 is 0 Å². The summed E-state index contributed by atoms with van der Waals surface area (Å²) in [6.07, 6.45) is 1.24. The molecular weight excluding hydrogens is 424 g/mol. The summed E-state index contributed by atoms with van der Waals surface area (Å²) >= 11 is 1.42. The normalized spacial score (nSPS) is 12.4. The molecule has 2 aromatic carbocycles. The number of fused-ring (bicyclic) bond motifs is 1. The Labute approximate surface area is 179 Å². The van der Waals surface area contributed by atoms with E-state index >= 15 is 0 Å². The van der Waals surface area contributed by atoms with Crippen molar-refractivity contribution in [3.8, 4) is 5.75 Å². The molecule has 3 aromatic rings. The van der Waals surface area contributed by atoms with Crippen LogP contribution in [0.25, 0.3) is 10.2 Å². The first-order chi connectivity index (χ1) is 14.3. The van der Waals surface area contributed by atoms with E-state index in [9.17, 15) is 13.2 Å². The molecule has 0 fully saturated rings. The number of thiazole rings is 1. The molecule has 1 heterocycles. The van der Waals surface area contributed by atoms with Gasteiger partial charge in [0.05, 0.1) is 34.7 Å².